The molecule has 0 unspecified atom stereocenters. The third-order valence-electron chi connectivity index (χ3n) is 3.15. The fourth-order valence-corrected chi connectivity index (χ4v) is 3.25. The van der Waals surface area contributed by atoms with E-state index in [1.807, 2.05) is 0 Å². The van der Waals surface area contributed by atoms with E-state index in [0.717, 1.165) is 14.9 Å². The number of aromatic nitrogens is 1. The predicted octanol–water partition coefficient (Wildman–Crippen LogP) is 3.15. The number of hydrogen-bond donors (Lipinski definition) is 2. The van der Waals surface area contributed by atoms with Crippen molar-refractivity contribution in [2.45, 2.75) is 13.1 Å². The molecule has 2 N–H and O–H groups in total. The normalized spacial score (nSPS) is 13.1. The number of nitrogens with zero attached hydrogens (tertiary/aromatic N) is 2. The van der Waals surface area contributed by atoms with Crippen LogP contribution in [0.3, 0.4) is 0 Å². The lowest BCUT2D eigenvalue weighted by molar-refractivity contribution is 0.0696. The monoisotopic (exact) mass is 367 g/mol. The minimum Gasteiger partial charge on any atom is -0.478 e. The third kappa shape index (κ3) is 2.91. The average molecular weight is 368 g/mol. The summed E-state index contributed by atoms with van der Waals surface area (Å²) >= 11 is 4.62. The number of carbonyl (C=O) groups excluding carboxylic acids is 1. The van der Waals surface area contributed by atoms with Gasteiger partial charge in [0.05, 0.1) is 15.5 Å². The van der Waals surface area contributed by atoms with Crippen LogP contribution < -0.4 is 5.32 Å². The van der Waals surface area contributed by atoms with Gasteiger partial charge in [-0.3, -0.25) is 5.32 Å². The molecule has 1 aromatic carbocycles. The number of rotatable bonds is 2. The van der Waals surface area contributed by atoms with Crippen LogP contribution in [0.5, 0.6) is 0 Å². The molecule has 2 aromatic rings. The number of benzene rings is 1. The van der Waals surface area contributed by atoms with Crippen molar-refractivity contribution in [1.29, 1.82) is 0 Å². The van der Waals surface area contributed by atoms with Crippen LogP contribution in [0.1, 0.15) is 21.5 Å². The first-order chi connectivity index (χ1) is 10.0. The number of aromatic carboxylic acids is 1. The quantitative estimate of drug-likeness (QED) is 0.853. The highest BCUT2D eigenvalue weighted by Crippen LogP contribution is 2.27. The standard InChI is InChI=1S/C13H10BrN3O3S/c14-10-4-15-12(21-10)16-13(20)17-5-8-2-1-7(11(18)19)3-9(8)6-17/h1-4H,5-6H2,(H,18,19)(H,15,16,20). The number of amides is 2. The molecule has 0 spiro atoms. The van der Waals surface area contributed by atoms with E-state index >= 15 is 0 Å². The molecular weight excluding hydrogens is 358 g/mol. The molecule has 0 bridgehead atoms. The van der Waals surface area contributed by atoms with Crippen molar-refractivity contribution >= 4 is 44.4 Å². The van der Waals surface area contributed by atoms with E-state index in [0.29, 0.717) is 18.2 Å². The molecule has 0 aliphatic carbocycles. The number of carbonyl (C=O) groups is 2. The maximum absolute atomic E-state index is 12.2. The maximum atomic E-state index is 12.2. The molecular formula is C13H10BrN3O3S. The second-order valence-corrected chi connectivity index (χ2v) is 6.95. The van der Waals surface area contributed by atoms with Gasteiger partial charge in [-0.15, -0.1) is 0 Å². The van der Waals surface area contributed by atoms with Crippen molar-refractivity contribution in [1.82, 2.24) is 9.88 Å². The maximum Gasteiger partial charge on any atom is 0.335 e. The second-order valence-electron chi connectivity index (χ2n) is 4.54. The van der Waals surface area contributed by atoms with Gasteiger partial charge in [0.1, 0.15) is 0 Å². The largest absolute Gasteiger partial charge is 0.478 e. The number of fused-ring (bicyclic) bond motifs is 1. The number of thiazole rings is 1. The highest BCUT2D eigenvalue weighted by Gasteiger charge is 2.24. The first kappa shape index (κ1) is 14.0. The zero-order valence-corrected chi connectivity index (χ0v) is 13.1. The van der Waals surface area contributed by atoms with Crippen molar-refractivity contribution < 1.29 is 14.7 Å². The predicted molar refractivity (Wildman–Crippen MR) is 81.5 cm³/mol. The third-order valence-corrected chi connectivity index (χ3v) is 4.55. The van der Waals surface area contributed by atoms with Crippen LogP contribution >= 0.6 is 27.3 Å². The highest BCUT2D eigenvalue weighted by molar-refractivity contribution is 9.11. The number of anilines is 1. The molecule has 0 saturated heterocycles. The molecule has 2 heterocycles. The lowest BCUT2D eigenvalue weighted by atomic mass is 10.1. The molecule has 108 valence electrons. The number of halogens is 1. The number of hydrogen-bond acceptors (Lipinski definition) is 4. The molecule has 1 aliphatic rings. The van der Waals surface area contributed by atoms with Crippen LogP contribution in [0, 0.1) is 0 Å². The van der Waals surface area contributed by atoms with Crippen LogP contribution in [0.4, 0.5) is 9.93 Å². The van der Waals surface area contributed by atoms with Crippen molar-refractivity contribution in [2.75, 3.05) is 5.32 Å². The Morgan fingerprint density at radius 3 is 2.76 bits per heavy atom. The molecule has 0 fully saturated rings. The van der Waals surface area contributed by atoms with Gasteiger partial charge in [0.25, 0.3) is 0 Å². The molecule has 0 atom stereocenters. The summed E-state index contributed by atoms with van der Waals surface area (Å²) < 4.78 is 0.841. The van der Waals surface area contributed by atoms with Gasteiger partial charge in [-0.05, 0) is 39.2 Å². The molecule has 6 nitrogen and oxygen atoms in total. The minimum atomic E-state index is -0.965. The minimum absolute atomic E-state index is 0.236. The summed E-state index contributed by atoms with van der Waals surface area (Å²) in [4.78, 5) is 28.8. The van der Waals surface area contributed by atoms with Gasteiger partial charge in [0, 0.05) is 13.1 Å². The van der Waals surface area contributed by atoms with Crippen LogP contribution in [0.25, 0.3) is 0 Å². The van der Waals surface area contributed by atoms with E-state index in [1.54, 1.807) is 29.3 Å². The summed E-state index contributed by atoms with van der Waals surface area (Å²) in [5.41, 5.74) is 2.07. The van der Waals surface area contributed by atoms with Crippen LogP contribution in [-0.4, -0.2) is 27.0 Å². The van der Waals surface area contributed by atoms with Gasteiger partial charge < -0.3 is 10.0 Å². The zero-order valence-electron chi connectivity index (χ0n) is 10.7. The zero-order chi connectivity index (χ0) is 15.0. The van der Waals surface area contributed by atoms with E-state index in [9.17, 15) is 9.59 Å². The first-order valence-corrected chi connectivity index (χ1v) is 7.66. The lowest BCUT2D eigenvalue weighted by Crippen LogP contribution is -2.30. The van der Waals surface area contributed by atoms with E-state index < -0.39 is 5.97 Å². The summed E-state index contributed by atoms with van der Waals surface area (Å²) in [6, 6.07) is 4.68. The molecule has 8 heteroatoms. The van der Waals surface area contributed by atoms with Crippen LogP contribution in [-0.2, 0) is 13.1 Å². The van der Waals surface area contributed by atoms with Gasteiger partial charge in [-0.2, -0.15) is 0 Å². The SMILES string of the molecule is O=C(O)c1ccc2c(c1)CN(C(=O)Nc1ncc(Br)s1)C2. The highest BCUT2D eigenvalue weighted by atomic mass is 79.9. The second kappa shape index (κ2) is 5.45. The van der Waals surface area contributed by atoms with E-state index in [-0.39, 0.29) is 11.6 Å². The molecule has 3 rings (SSSR count). The van der Waals surface area contributed by atoms with Gasteiger partial charge in [-0.25, -0.2) is 14.6 Å². The number of carboxylic acid groups (broad SMARTS) is 1. The summed E-state index contributed by atoms with van der Waals surface area (Å²) in [6.07, 6.45) is 1.62. The van der Waals surface area contributed by atoms with E-state index in [2.05, 4.69) is 26.2 Å². The molecule has 2 amide bonds. The Bertz CT molecular complexity index is 731. The fraction of sp³-hybridized carbons (Fsp3) is 0.154. The Morgan fingerprint density at radius 1 is 1.33 bits per heavy atom. The number of nitrogens with one attached hydrogen (secondary N) is 1. The van der Waals surface area contributed by atoms with Crippen LogP contribution in [0.15, 0.2) is 28.2 Å². The summed E-state index contributed by atoms with van der Waals surface area (Å²) in [7, 11) is 0. The van der Waals surface area contributed by atoms with Gasteiger partial charge >= 0.3 is 12.0 Å². The Balaban J connectivity index is 1.72. The van der Waals surface area contributed by atoms with E-state index in [4.69, 9.17) is 5.11 Å². The van der Waals surface area contributed by atoms with E-state index in [1.165, 1.54) is 11.3 Å². The van der Waals surface area contributed by atoms with Gasteiger partial charge in [-0.1, -0.05) is 17.4 Å². The molecule has 1 aliphatic heterocycles. The fourth-order valence-electron chi connectivity index (χ4n) is 2.15. The smallest absolute Gasteiger partial charge is 0.335 e. The Labute approximate surface area is 132 Å². The Morgan fingerprint density at radius 2 is 2.10 bits per heavy atom. The van der Waals surface area contributed by atoms with Crippen LogP contribution in [0.2, 0.25) is 0 Å². The first-order valence-electron chi connectivity index (χ1n) is 6.05. The van der Waals surface area contributed by atoms with Crippen molar-refractivity contribution in [3.8, 4) is 0 Å². The van der Waals surface area contributed by atoms with Gasteiger partial charge in [0.15, 0.2) is 5.13 Å². The summed E-state index contributed by atoms with van der Waals surface area (Å²) in [6.45, 7) is 0.864. The topological polar surface area (TPSA) is 82.5 Å². The molecule has 1 aromatic heterocycles. The molecule has 0 saturated carbocycles. The summed E-state index contributed by atoms with van der Waals surface area (Å²) in [5.74, 6) is -0.965. The van der Waals surface area contributed by atoms with Crippen molar-refractivity contribution in [3.63, 3.8) is 0 Å². The van der Waals surface area contributed by atoms with Gasteiger partial charge in [0.2, 0.25) is 0 Å². The average Bonchev–Trinajstić information content (AvgIpc) is 3.03. The number of urea groups is 1. The Kier molecular flexibility index (Phi) is 3.64. The summed E-state index contributed by atoms with van der Waals surface area (Å²) in [5, 5.41) is 12.2. The molecule has 0 radical (unpaired) electrons. The number of carboxylic acids is 1. The van der Waals surface area contributed by atoms with Crippen molar-refractivity contribution in [2.24, 2.45) is 0 Å². The Hall–Kier alpha value is -1.93. The molecule has 21 heavy (non-hydrogen) atoms. The lowest BCUT2D eigenvalue weighted by Gasteiger charge is -2.14. The van der Waals surface area contributed by atoms with Crippen molar-refractivity contribution in [3.05, 3.63) is 44.9 Å².